The Morgan fingerprint density at radius 1 is 0.750 bits per heavy atom. The van der Waals surface area contributed by atoms with E-state index in [1.807, 2.05) is 13.0 Å². The van der Waals surface area contributed by atoms with Gasteiger partial charge in [-0.05, 0) is 13.8 Å². The first kappa shape index (κ1) is 35.0. The van der Waals surface area contributed by atoms with Crippen molar-refractivity contribution in [3.63, 3.8) is 0 Å². The zero-order chi connectivity index (χ0) is 27.2. The van der Waals surface area contributed by atoms with Crippen LogP contribution >= 0.6 is 0 Å². The van der Waals surface area contributed by atoms with Crippen LogP contribution in [-0.4, -0.2) is 31.0 Å². The van der Waals surface area contributed by atoms with E-state index in [0.717, 1.165) is 25.7 Å². The standard InChI is InChI=1S/C21H31O2.3C4H9.Sn/c1-6-23-21(22)17-9-7-8-13-19(4)15-11-16-20(5)14-10-12-18(2)3;3*1-3-4-2;/h7-8,12-13,16-17H,6,10-11,14-15H2,1-5H3;3*1,3-4H2,2H3;. The summed E-state index contributed by atoms with van der Waals surface area (Å²) in [7, 11) is 0. The second-order valence-electron chi connectivity index (χ2n) is 10.7. The molecule has 0 spiro atoms. The fourth-order valence-electron chi connectivity index (χ4n) is 4.68. The van der Waals surface area contributed by atoms with E-state index in [1.165, 1.54) is 72.1 Å². The molecule has 0 saturated heterocycles. The number of carbonyl (C=O) groups is 1. The van der Waals surface area contributed by atoms with Crippen LogP contribution in [0.5, 0.6) is 0 Å². The maximum absolute atomic E-state index is 12.6. The van der Waals surface area contributed by atoms with Crippen molar-refractivity contribution in [2.45, 2.75) is 133 Å². The molecule has 0 radical (unpaired) electrons. The normalized spacial score (nSPS) is 13.4. The minimum atomic E-state index is -2.72. The molecule has 0 N–H and O–H groups in total. The molecular weight excluding hydrogens is 547 g/mol. The van der Waals surface area contributed by atoms with Gasteiger partial charge in [0.25, 0.3) is 0 Å². The molecule has 0 atom stereocenters. The van der Waals surface area contributed by atoms with Crippen LogP contribution in [0.4, 0.5) is 0 Å². The molecule has 0 aliphatic heterocycles. The molecule has 0 rings (SSSR count). The van der Waals surface area contributed by atoms with Gasteiger partial charge in [-0.1, -0.05) is 5.57 Å². The first-order valence-corrected chi connectivity index (χ1v) is 22.2. The maximum atomic E-state index is 12.6. The van der Waals surface area contributed by atoms with Crippen molar-refractivity contribution in [3.8, 4) is 0 Å². The quantitative estimate of drug-likeness (QED) is 0.0454. The summed E-state index contributed by atoms with van der Waals surface area (Å²) in [4.78, 5) is 12.6. The second kappa shape index (κ2) is 22.0. The zero-order valence-electron chi connectivity index (χ0n) is 25.2. The fourth-order valence-corrected chi connectivity index (χ4v) is 20.6. The van der Waals surface area contributed by atoms with Crippen LogP contribution < -0.4 is 0 Å². The molecule has 206 valence electrons. The van der Waals surface area contributed by atoms with Crippen LogP contribution in [0.25, 0.3) is 0 Å². The molecule has 0 aromatic rings. The molecule has 3 heteroatoms. The molecule has 0 heterocycles. The third-order valence-electron chi connectivity index (χ3n) is 6.98. The van der Waals surface area contributed by atoms with E-state index in [9.17, 15) is 4.79 Å². The van der Waals surface area contributed by atoms with Gasteiger partial charge in [0.1, 0.15) is 0 Å². The summed E-state index contributed by atoms with van der Waals surface area (Å²) >= 11 is -2.72. The Balaban J connectivity index is 5.71. The Morgan fingerprint density at radius 3 is 1.78 bits per heavy atom. The van der Waals surface area contributed by atoms with Gasteiger partial charge in [-0.15, -0.1) is 0 Å². The molecule has 0 aromatic carbocycles. The predicted molar refractivity (Wildman–Crippen MR) is 164 cm³/mol. The van der Waals surface area contributed by atoms with Crippen molar-refractivity contribution in [2.75, 3.05) is 6.61 Å². The van der Waals surface area contributed by atoms with Gasteiger partial charge < -0.3 is 0 Å². The van der Waals surface area contributed by atoms with E-state index < -0.39 is 18.4 Å². The average Bonchev–Trinajstić information content (AvgIpc) is 2.83. The van der Waals surface area contributed by atoms with Gasteiger partial charge in [-0.3, -0.25) is 0 Å². The summed E-state index contributed by atoms with van der Waals surface area (Å²) in [6, 6.07) is 0. The monoisotopic (exact) mass is 606 g/mol. The first-order chi connectivity index (χ1) is 17.2. The Morgan fingerprint density at radius 2 is 1.28 bits per heavy atom. The van der Waals surface area contributed by atoms with Gasteiger partial charge in [-0.25, -0.2) is 0 Å². The summed E-state index contributed by atoms with van der Waals surface area (Å²) in [5, 5.41) is 0. The summed E-state index contributed by atoms with van der Waals surface area (Å²) in [5.74, 6) is -0.155. The van der Waals surface area contributed by atoms with Crippen LogP contribution in [0.3, 0.4) is 0 Å². The summed E-state index contributed by atoms with van der Waals surface area (Å²) < 4.78 is 10.8. The summed E-state index contributed by atoms with van der Waals surface area (Å²) in [6.07, 6.45) is 25.4. The molecule has 0 bridgehead atoms. The number of ether oxygens (including phenoxy) is 1. The first-order valence-electron chi connectivity index (χ1n) is 14.8. The predicted octanol–water partition coefficient (Wildman–Crippen LogP) is 10.8. The number of hydrogen-bond donors (Lipinski definition) is 0. The molecule has 36 heavy (non-hydrogen) atoms. The van der Waals surface area contributed by atoms with Crippen LogP contribution in [0.1, 0.15) is 120 Å². The van der Waals surface area contributed by atoms with Crippen molar-refractivity contribution in [2.24, 2.45) is 0 Å². The summed E-state index contributed by atoms with van der Waals surface area (Å²) in [6.45, 7) is 18.0. The Bertz CT molecular complexity index is 726. The molecule has 0 unspecified atom stereocenters. The van der Waals surface area contributed by atoms with Crippen molar-refractivity contribution < 1.29 is 9.53 Å². The number of allylic oxidation sites excluding steroid dienone is 9. The van der Waals surface area contributed by atoms with Crippen molar-refractivity contribution >= 4 is 24.3 Å². The molecule has 0 saturated carbocycles. The van der Waals surface area contributed by atoms with Crippen molar-refractivity contribution in [1.82, 2.24) is 0 Å². The minimum absolute atomic E-state index is 0.155. The van der Waals surface area contributed by atoms with Gasteiger partial charge in [0.05, 0.1) is 0 Å². The number of carbonyl (C=O) groups excluding carboxylic acids is 1. The second-order valence-corrected chi connectivity index (χ2v) is 24.0. The topological polar surface area (TPSA) is 26.3 Å². The number of rotatable bonds is 20. The van der Waals surface area contributed by atoms with Gasteiger partial charge in [0, 0.05) is 0 Å². The molecule has 2 nitrogen and oxygen atoms in total. The molecule has 0 aromatic heterocycles. The summed E-state index contributed by atoms with van der Waals surface area (Å²) in [5.41, 5.74) is 4.28. The molecule has 0 aliphatic rings. The third kappa shape index (κ3) is 16.7. The van der Waals surface area contributed by atoms with Gasteiger partial charge in [0.15, 0.2) is 0 Å². The van der Waals surface area contributed by atoms with Gasteiger partial charge in [-0.2, -0.15) is 0 Å². The number of hydrogen-bond acceptors (Lipinski definition) is 2. The number of unbranched alkanes of at least 4 members (excludes halogenated alkanes) is 3. The van der Waals surface area contributed by atoms with E-state index in [2.05, 4.69) is 78.8 Å². The number of esters is 1. The average molecular weight is 606 g/mol. The molecular formula is C33H58O2Sn. The Hall–Kier alpha value is -1.03. The SMILES string of the molecule is CCC[CH2][Sn]([CH2]CCC)([CH2]CCC)[C](C=CC=C(C)CCC=C(C)CCC=C(C)C)=CC(=O)OCC. The van der Waals surface area contributed by atoms with Crippen molar-refractivity contribution in [1.29, 1.82) is 0 Å². The van der Waals surface area contributed by atoms with Crippen molar-refractivity contribution in [3.05, 3.63) is 56.8 Å². The zero-order valence-corrected chi connectivity index (χ0v) is 28.0. The van der Waals surface area contributed by atoms with E-state index in [1.54, 1.807) is 0 Å². The van der Waals surface area contributed by atoms with E-state index in [0.29, 0.717) is 6.61 Å². The van der Waals surface area contributed by atoms with Gasteiger partial charge in [0.2, 0.25) is 0 Å². The van der Waals surface area contributed by atoms with Crippen LogP contribution in [0.15, 0.2) is 56.8 Å². The third-order valence-corrected chi connectivity index (χ3v) is 22.6. The van der Waals surface area contributed by atoms with Crippen LogP contribution in [-0.2, 0) is 9.53 Å². The van der Waals surface area contributed by atoms with Gasteiger partial charge >= 0.3 is 211 Å². The molecule has 0 fully saturated rings. The van der Waals surface area contributed by atoms with E-state index in [4.69, 9.17) is 4.74 Å². The fraction of sp³-hybridized carbons (Fsp3) is 0.667. The molecule has 0 amide bonds. The molecule has 0 aliphatic carbocycles. The Kier molecular flexibility index (Phi) is 21.4. The van der Waals surface area contributed by atoms with Crippen LogP contribution in [0, 0.1) is 0 Å². The van der Waals surface area contributed by atoms with E-state index in [-0.39, 0.29) is 5.97 Å². The van der Waals surface area contributed by atoms with Crippen LogP contribution in [0.2, 0.25) is 13.3 Å². The Labute approximate surface area is 229 Å². The van der Waals surface area contributed by atoms with E-state index >= 15 is 0 Å².